The first-order valence-electron chi connectivity index (χ1n) is 13.5. The summed E-state index contributed by atoms with van der Waals surface area (Å²) in [5.41, 5.74) is 0.293. The van der Waals surface area contributed by atoms with Gasteiger partial charge < -0.3 is 10.1 Å². The van der Waals surface area contributed by atoms with E-state index in [1.165, 1.54) is 24.3 Å². The highest BCUT2D eigenvalue weighted by Crippen LogP contribution is 2.59. The maximum Gasteiger partial charge on any atom is 0.338 e. The molecule has 1 N–H and O–H groups in total. The Bertz CT molecular complexity index is 1730. The third-order valence-corrected chi connectivity index (χ3v) is 8.73. The summed E-state index contributed by atoms with van der Waals surface area (Å²) in [5.74, 6) is -3.14. The van der Waals surface area contributed by atoms with Gasteiger partial charge in [0.1, 0.15) is 11.5 Å². The number of carbonyl (C=O) groups excluding carboxylic acids is 2. The molecule has 6 rings (SSSR count). The number of amides is 1. The second-order valence-corrected chi connectivity index (χ2v) is 11.1. The largest absolute Gasteiger partial charge is 0.457 e. The number of halogens is 1. The van der Waals surface area contributed by atoms with Crippen LogP contribution >= 0.6 is 11.6 Å². The Kier molecular flexibility index (Phi) is 7.15. The van der Waals surface area contributed by atoms with Crippen LogP contribution in [0.1, 0.15) is 45.3 Å². The fourth-order valence-electron chi connectivity index (χ4n) is 6.68. The predicted octanol–water partition coefficient (Wildman–Crippen LogP) is 6.28. The molecule has 11 heteroatoms. The summed E-state index contributed by atoms with van der Waals surface area (Å²) < 4.78 is 6.18. The summed E-state index contributed by atoms with van der Waals surface area (Å²) in [6, 6.07) is 26.1. The van der Waals surface area contributed by atoms with Crippen molar-refractivity contribution in [3.8, 4) is 0 Å². The van der Waals surface area contributed by atoms with Crippen LogP contribution in [0.4, 0.5) is 11.4 Å². The maximum absolute atomic E-state index is 14.3. The predicted molar refractivity (Wildman–Crippen MR) is 158 cm³/mol. The van der Waals surface area contributed by atoms with Gasteiger partial charge in [-0.3, -0.25) is 25.0 Å². The van der Waals surface area contributed by atoms with Gasteiger partial charge in [-0.1, -0.05) is 72.3 Å². The maximum atomic E-state index is 14.3. The molecule has 4 aromatic carbocycles. The molecule has 0 bridgehead atoms. The lowest BCUT2D eigenvalue weighted by atomic mass is 9.54. The van der Waals surface area contributed by atoms with Crippen molar-refractivity contribution < 1.29 is 24.2 Å². The first kappa shape index (κ1) is 28.0. The second kappa shape index (κ2) is 11.0. The molecule has 10 nitrogen and oxygen atoms in total. The SMILES string of the molecule is O=C(O[C@@H]1C[C@@H](c2ccccc2)[C@@H]([N+](=O)[O-])[C@H](c2ccc(Cl)cc2)[C@]12C(=O)Nc1ccccc12)c1ccc([N+](=O)[O-])cc1. The third-order valence-electron chi connectivity index (χ3n) is 8.48. The monoisotopic (exact) mass is 597 g/mol. The summed E-state index contributed by atoms with van der Waals surface area (Å²) in [5, 5.41) is 27.5. The number of carbonyl (C=O) groups is 2. The first-order valence-corrected chi connectivity index (χ1v) is 13.9. The number of hydrogen-bond acceptors (Lipinski definition) is 7. The molecule has 5 atom stereocenters. The van der Waals surface area contributed by atoms with Gasteiger partial charge >= 0.3 is 5.97 Å². The molecule has 1 amide bonds. The highest BCUT2D eigenvalue weighted by molar-refractivity contribution is 6.30. The highest BCUT2D eigenvalue weighted by Gasteiger charge is 2.68. The van der Waals surface area contributed by atoms with Crippen molar-refractivity contribution >= 4 is 34.9 Å². The molecule has 1 aliphatic heterocycles. The zero-order valence-corrected chi connectivity index (χ0v) is 23.2. The van der Waals surface area contributed by atoms with Crippen molar-refractivity contribution in [2.75, 3.05) is 5.32 Å². The minimum atomic E-state index is -1.68. The number of ether oxygens (including phenoxy) is 1. The van der Waals surface area contributed by atoms with Gasteiger partial charge in [-0.2, -0.15) is 0 Å². The Morgan fingerprint density at radius 2 is 1.51 bits per heavy atom. The number of para-hydroxylation sites is 1. The number of nitro benzene ring substituents is 1. The number of nitrogens with one attached hydrogen (secondary N) is 1. The molecule has 0 unspecified atom stereocenters. The molecular formula is C32H24ClN3O7. The summed E-state index contributed by atoms with van der Waals surface area (Å²) in [7, 11) is 0. The lowest BCUT2D eigenvalue weighted by Gasteiger charge is -2.48. The molecule has 216 valence electrons. The Hall–Kier alpha value is -5.09. The number of rotatable bonds is 6. The van der Waals surface area contributed by atoms with Gasteiger partial charge in [0.15, 0.2) is 0 Å². The summed E-state index contributed by atoms with van der Waals surface area (Å²) in [4.78, 5) is 51.2. The average molecular weight is 598 g/mol. The van der Waals surface area contributed by atoms with Crippen LogP contribution in [-0.4, -0.2) is 33.9 Å². The van der Waals surface area contributed by atoms with E-state index in [0.29, 0.717) is 27.4 Å². The number of esters is 1. The molecule has 1 saturated carbocycles. The van der Waals surface area contributed by atoms with Crippen LogP contribution in [0.5, 0.6) is 0 Å². The van der Waals surface area contributed by atoms with E-state index in [2.05, 4.69) is 5.32 Å². The second-order valence-electron chi connectivity index (χ2n) is 10.6. The number of benzene rings is 4. The van der Waals surface area contributed by atoms with E-state index in [9.17, 15) is 29.8 Å². The molecule has 0 saturated heterocycles. The number of anilines is 1. The molecule has 1 fully saturated rings. The molecular weight excluding hydrogens is 574 g/mol. The first-order chi connectivity index (χ1) is 20.7. The van der Waals surface area contributed by atoms with Crippen LogP contribution in [0, 0.1) is 20.2 Å². The Labute approximate surface area is 250 Å². The van der Waals surface area contributed by atoms with Crippen molar-refractivity contribution in [1.82, 2.24) is 0 Å². The van der Waals surface area contributed by atoms with E-state index in [-0.39, 0.29) is 22.6 Å². The summed E-state index contributed by atoms with van der Waals surface area (Å²) in [6.45, 7) is 0. The van der Waals surface area contributed by atoms with E-state index in [1.54, 1.807) is 78.9 Å². The number of fused-ring (bicyclic) bond motifs is 2. The summed E-state index contributed by atoms with van der Waals surface area (Å²) in [6.07, 6.45) is -1.18. The fraction of sp³-hybridized carbons (Fsp3) is 0.188. The molecule has 1 spiro atoms. The number of non-ortho nitro benzene ring substituents is 1. The van der Waals surface area contributed by atoms with Crippen LogP contribution in [-0.2, 0) is 14.9 Å². The molecule has 2 aliphatic rings. The van der Waals surface area contributed by atoms with E-state index in [4.69, 9.17) is 16.3 Å². The van der Waals surface area contributed by atoms with Crippen LogP contribution in [0.3, 0.4) is 0 Å². The van der Waals surface area contributed by atoms with Gasteiger partial charge in [0, 0.05) is 27.8 Å². The molecule has 4 aromatic rings. The Morgan fingerprint density at radius 3 is 2.16 bits per heavy atom. The van der Waals surface area contributed by atoms with Crippen molar-refractivity contribution in [3.05, 3.63) is 151 Å². The van der Waals surface area contributed by atoms with E-state index in [1.807, 2.05) is 0 Å². The summed E-state index contributed by atoms with van der Waals surface area (Å²) >= 11 is 6.21. The van der Waals surface area contributed by atoms with E-state index < -0.39 is 46.2 Å². The Morgan fingerprint density at radius 1 is 0.860 bits per heavy atom. The average Bonchev–Trinajstić information content (AvgIpc) is 3.30. The zero-order chi connectivity index (χ0) is 30.3. The smallest absolute Gasteiger partial charge is 0.338 e. The quantitative estimate of drug-likeness (QED) is 0.157. The van der Waals surface area contributed by atoms with Gasteiger partial charge in [0.05, 0.1) is 22.3 Å². The topological polar surface area (TPSA) is 142 Å². The van der Waals surface area contributed by atoms with Gasteiger partial charge in [0.25, 0.3) is 5.69 Å². The van der Waals surface area contributed by atoms with Crippen molar-refractivity contribution in [3.63, 3.8) is 0 Å². The molecule has 0 radical (unpaired) electrons. The van der Waals surface area contributed by atoms with Crippen LogP contribution in [0.2, 0.25) is 5.02 Å². The van der Waals surface area contributed by atoms with Crippen molar-refractivity contribution in [2.24, 2.45) is 0 Å². The standard InChI is InChI=1S/C32H24ClN3O7/c33-22-14-10-20(11-15-22)28-29(36(41)42)24(19-6-2-1-3-7-19)18-27(32(28)25-8-4-5-9-26(25)34-31(32)38)43-30(37)21-12-16-23(17-13-21)35(39)40/h1-17,24,27-29H,18H2,(H,34,38)/t24-,27+,28-,29+,32+/m0/s1. The third kappa shape index (κ3) is 4.69. The molecule has 0 aromatic heterocycles. The molecule has 1 heterocycles. The van der Waals surface area contributed by atoms with E-state index >= 15 is 0 Å². The van der Waals surface area contributed by atoms with Crippen molar-refractivity contribution in [1.29, 1.82) is 0 Å². The minimum Gasteiger partial charge on any atom is -0.457 e. The van der Waals surface area contributed by atoms with Crippen LogP contribution in [0.15, 0.2) is 103 Å². The van der Waals surface area contributed by atoms with Crippen LogP contribution < -0.4 is 5.32 Å². The minimum absolute atomic E-state index is 0.0276. The fourth-order valence-corrected chi connectivity index (χ4v) is 6.80. The number of nitro groups is 2. The van der Waals surface area contributed by atoms with Gasteiger partial charge in [0.2, 0.25) is 11.9 Å². The Balaban J connectivity index is 1.57. The normalized spacial score (nSPS) is 24.2. The van der Waals surface area contributed by atoms with Gasteiger partial charge in [-0.15, -0.1) is 0 Å². The zero-order valence-electron chi connectivity index (χ0n) is 22.5. The van der Waals surface area contributed by atoms with Crippen molar-refractivity contribution in [2.45, 2.75) is 35.8 Å². The number of nitrogens with zero attached hydrogens (tertiary/aromatic N) is 2. The highest BCUT2D eigenvalue weighted by atomic mass is 35.5. The molecule has 43 heavy (non-hydrogen) atoms. The van der Waals surface area contributed by atoms with Gasteiger partial charge in [-0.25, -0.2) is 4.79 Å². The lowest BCUT2D eigenvalue weighted by Crippen LogP contribution is -2.61. The van der Waals surface area contributed by atoms with E-state index in [0.717, 1.165) is 0 Å². The van der Waals surface area contributed by atoms with Crippen LogP contribution in [0.25, 0.3) is 0 Å². The lowest BCUT2D eigenvalue weighted by molar-refractivity contribution is -0.537. The number of hydrogen-bond donors (Lipinski definition) is 1. The van der Waals surface area contributed by atoms with Gasteiger partial charge in [-0.05, 0) is 53.4 Å². The molecule has 1 aliphatic carbocycles.